The average molecular weight is 442 g/mol. The molecule has 0 fully saturated rings. The van der Waals surface area contributed by atoms with E-state index in [-0.39, 0.29) is 6.10 Å². The normalized spacial score (nSPS) is 12.5. The first-order valence-corrected chi connectivity index (χ1v) is 11.2. The Kier molecular flexibility index (Phi) is 8.13. The summed E-state index contributed by atoms with van der Waals surface area (Å²) in [6, 6.07) is 17.3. The van der Waals surface area contributed by atoms with Gasteiger partial charge in [0.15, 0.2) is 0 Å². The quantitative estimate of drug-likeness (QED) is 0.428. The van der Waals surface area contributed by atoms with Gasteiger partial charge in [-0.05, 0) is 49.6 Å². The largest absolute Gasteiger partial charge is 0.439 e. The molecule has 0 spiro atoms. The molecule has 166 valence electrons. The van der Waals surface area contributed by atoms with Crippen molar-refractivity contribution in [2.45, 2.75) is 46.8 Å². The second kappa shape index (κ2) is 10.8. The number of ether oxygens (including phenoxy) is 1. The monoisotopic (exact) mass is 441 g/mol. The van der Waals surface area contributed by atoms with Crippen molar-refractivity contribution in [3.05, 3.63) is 70.9 Å². The Morgan fingerprint density at radius 3 is 2.48 bits per heavy atom. The Labute approximate surface area is 190 Å². The molecular weight excluding hydrogens is 410 g/mol. The lowest BCUT2D eigenvalue weighted by Gasteiger charge is -2.26. The highest BCUT2D eigenvalue weighted by atomic mass is 35.5. The molecule has 0 aliphatic rings. The molecular formula is C25H32ClN3O2. The minimum atomic E-state index is -0.361. The Morgan fingerprint density at radius 2 is 1.84 bits per heavy atom. The van der Waals surface area contributed by atoms with Gasteiger partial charge in [0, 0.05) is 24.7 Å². The van der Waals surface area contributed by atoms with Gasteiger partial charge in [0.05, 0.1) is 23.0 Å². The molecule has 5 nitrogen and oxygen atoms in total. The van der Waals surface area contributed by atoms with Crippen molar-refractivity contribution in [2.75, 3.05) is 13.1 Å². The fourth-order valence-corrected chi connectivity index (χ4v) is 3.76. The number of nitrogens with zero attached hydrogens (tertiary/aromatic N) is 3. The molecule has 0 aliphatic carbocycles. The van der Waals surface area contributed by atoms with Crippen molar-refractivity contribution in [1.29, 1.82) is 0 Å². The maximum atomic E-state index is 10.3. The molecule has 0 saturated heterocycles. The fraction of sp³-hybridized carbons (Fsp3) is 0.400. The first kappa shape index (κ1) is 23.3. The minimum Gasteiger partial charge on any atom is -0.439 e. The predicted octanol–water partition coefficient (Wildman–Crippen LogP) is 5.86. The molecule has 1 atom stereocenters. The van der Waals surface area contributed by atoms with E-state index in [2.05, 4.69) is 18.7 Å². The average Bonchev–Trinajstić information content (AvgIpc) is 3.03. The summed E-state index contributed by atoms with van der Waals surface area (Å²) >= 11 is 6.25. The van der Waals surface area contributed by atoms with E-state index in [1.54, 1.807) is 0 Å². The van der Waals surface area contributed by atoms with Gasteiger partial charge < -0.3 is 9.84 Å². The Morgan fingerprint density at radius 1 is 1.10 bits per heavy atom. The van der Waals surface area contributed by atoms with Crippen LogP contribution >= 0.6 is 11.6 Å². The van der Waals surface area contributed by atoms with E-state index in [0.717, 1.165) is 35.7 Å². The number of aromatic nitrogens is 2. The van der Waals surface area contributed by atoms with Crippen LogP contribution in [0, 0.1) is 12.8 Å². The third-order valence-electron chi connectivity index (χ3n) is 5.09. The van der Waals surface area contributed by atoms with Crippen LogP contribution < -0.4 is 4.74 Å². The van der Waals surface area contributed by atoms with Crippen LogP contribution in [0.1, 0.15) is 38.4 Å². The maximum absolute atomic E-state index is 10.3. The highest BCUT2D eigenvalue weighted by Crippen LogP contribution is 2.32. The van der Waals surface area contributed by atoms with Crippen LogP contribution in [0.4, 0.5) is 0 Å². The lowest BCUT2D eigenvalue weighted by atomic mass is 10.1. The molecule has 3 aromatic rings. The van der Waals surface area contributed by atoms with Gasteiger partial charge in [-0.3, -0.25) is 4.90 Å². The number of aliphatic hydroxyl groups excluding tert-OH is 1. The van der Waals surface area contributed by atoms with Crippen molar-refractivity contribution in [3.8, 4) is 17.3 Å². The van der Waals surface area contributed by atoms with Crippen LogP contribution in [-0.4, -0.2) is 39.0 Å². The lowest BCUT2D eigenvalue weighted by Crippen LogP contribution is -2.34. The highest BCUT2D eigenvalue weighted by Gasteiger charge is 2.23. The van der Waals surface area contributed by atoms with Gasteiger partial charge >= 0.3 is 0 Å². The van der Waals surface area contributed by atoms with E-state index in [4.69, 9.17) is 21.4 Å². The number of benzene rings is 2. The summed E-state index contributed by atoms with van der Waals surface area (Å²) in [7, 11) is 0. The van der Waals surface area contributed by atoms with E-state index in [1.807, 2.05) is 73.1 Å². The Hall–Kier alpha value is -2.34. The van der Waals surface area contributed by atoms with Gasteiger partial charge in [0.1, 0.15) is 5.75 Å². The van der Waals surface area contributed by atoms with Gasteiger partial charge in [0.25, 0.3) is 0 Å². The topological polar surface area (TPSA) is 50.5 Å². The third kappa shape index (κ3) is 6.33. The van der Waals surface area contributed by atoms with Gasteiger partial charge in [-0.25, -0.2) is 4.68 Å². The van der Waals surface area contributed by atoms with Crippen LogP contribution in [0.5, 0.6) is 11.6 Å². The molecule has 6 heteroatoms. The first-order valence-electron chi connectivity index (χ1n) is 10.8. The summed E-state index contributed by atoms with van der Waals surface area (Å²) in [5.41, 5.74) is 2.75. The third-order valence-corrected chi connectivity index (χ3v) is 5.33. The van der Waals surface area contributed by atoms with Crippen LogP contribution in [0.3, 0.4) is 0 Å². The number of hydrogen-bond donors (Lipinski definition) is 1. The summed E-state index contributed by atoms with van der Waals surface area (Å²) in [6.07, 6.45) is 0.364. The van der Waals surface area contributed by atoms with Crippen molar-refractivity contribution in [3.63, 3.8) is 0 Å². The van der Waals surface area contributed by atoms with Crippen LogP contribution in [0.2, 0.25) is 5.02 Å². The summed E-state index contributed by atoms with van der Waals surface area (Å²) < 4.78 is 8.17. The molecule has 0 aliphatic heterocycles. The molecule has 3 rings (SSSR count). The number of para-hydroxylation sites is 1. The van der Waals surface area contributed by atoms with Crippen LogP contribution in [0.25, 0.3) is 5.69 Å². The van der Waals surface area contributed by atoms with E-state index in [1.165, 1.54) is 0 Å². The molecule has 1 aromatic heterocycles. The second-order valence-electron chi connectivity index (χ2n) is 8.33. The smallest absolute Gasteiger partial charge is 0.227 e. The van der Waals surface area contributed by atoms with Gasteiger partial charge in [-0.1, -0.05) is 56.6 Å². The predicted molar refractivity (Wildman–Crippen MR) is 126 cm³/mol. The Balaban J connectivity index is 2.03. The Bertz CT molecular complexity index is 972. The maximum Gasteiger partial charge on any atom is 0.227 e. The molecule has 2 aromatic carbocycles. The molecule has 0 radical (unpaired) electrons. The number of halogens is 1. The van der Waals surface area contributed by atoms with Crippen LogP contribution in [-0.2, 0) is 6.54 Å². The number of aryl methyl sites for hydroxylation is 1. The molecule has 1 N–H and O–H groups in total. The van der Waals surface area contributed by atoms with Gasteiger partial charge in [-0.15, -0.1) is 0 Å². The summed E-state index contributed by atoms with van der Waals surface area (Å²) in [5, 5.41) is 15.7. The SMILES string of the molecule is CC[C@@H](O)CN(Cc1c(C)nn(-c2cccc(Cl)c2)c1Oc1ccccc1)CC(C)C. The molecule has 0 amide bonds. The molecule has 1 heterocycles. The number of aliphatic hydroxyl groups is 1. The second-order valence-corrected chi connectivity index (χ2v) is 8.76. The molecule has 0 bridgehead atoms. The van der Waals surface area contributed by atoms with Crippen molar-refractivity contribution < 1.29 is 9.84 Å². The number of hydrogen-bond acceptors (Lipinski definition) is 4. The highest BCUT2D eigenvalue weighted by molar-refractivity contribution is 6.30. The summed E-state index contributed by atoms with van der Waals surface area (Å²) in [5.74, 6) is 1.90. The van der Waals surface area contributed by atoms with Crippen molar-refractivity contribution in [1.82, 2.24) is 14.7 Å². The van der Waals surface area contributed by atoms with Crippen molar-refractivity contribution >= 4 is 11.6 Å². The zero-order chi connectivity index (χ0) is 22.4. The van der Waals surface area contributed by atoms with Gasteiger partial charge in [0.2, 0.25) is 5.88 Å². The van der Waals surface area contributed by atoms with Crippen LogP contribution in [0.15, 0.2) is 54.6 Å². The standard InChI is InChI=1S/C25H32ClN3O2/c1-5-22(30)16-28(15-18(2)3)17-24-19(4)27-29(21-11-9-10-20(26)14-21)25(24)31-23-12-7-6-8-13-23/h6-14,18,22,30H,5,15-17H2,1-4H3/t22-/m1/s1. The zero-order valence-corrected chi connectivity index (χ0v) is 19.5. The van der Waals surface area contributed by atoms with Gasteiger partial charge in [-0.2, -0.15) is 5.10 Å². The van der Waals surface area contributed by atoms with E-state index in [0.29, 0.717) is 29.9 Å². The van der Waals surface area contributed by atoms with Crippen molar-refractivity contribution in [2.24, 2.45) is 5.92 Å². The zero-order valence-electron chi connectivity index (χ0n) is 18.8. The molecule has 31 heavy (non-hydrogen) atoms. The summed E-state index contributed by atoms with van der Waals surface area (Å²) in [6.45, 7) is 10.5. The first-order chi connectivity index (χ1) is 14.9. The molecule has 0 unspecified atom stereocenters. The number of rotatable bonds is 10. The minimum absolute atomic E-state index is 0.361. The van der Waals surface area contributed by atoms with E-state index >= 15 is 0 Å². The summed E-state index contributed by atoms with van der Waals surface area (Å²) in [4.78, 5) is 2.28. The van der Waals surface area contributed by atoms with E-state index < -0.39 is 0 Å². The fourth-order valence-electron chi connectivity index (χ4n) is 3.58. The van der Waals surface area contributed by atoms with E-state index in [9.17, 15) is 5.11 Å². The lowest BCUT2D eigenvalue weighted by molar-refractivity contribution is 0.0980. The molecule has 0 saturated carbocycles.